The molecule has 6 nitrogen and oxygen atoms in total. The van der Waals surface area contributed by atoms with Gasteiger partial charge in [0.05, 0.1) is 4.90 Å². The molecule has 1 aromatic rings. The summed E-state index contributed by atoms with van der Waals surface area (Å²) in [5, 5.41) is 5.55. The first-order valence-corrected chi connectivity index (χ1v) is 9.29. The lowest BCUT2D eigenvalue weighted by Crippen LogP contribution is -2.59. The molecule has 1 fully saturated rings. The maximum atomic E-state index is 12.9. The first kappa shape index (κ1) is 16.9. The van der Waals surface area contributed by atoms with E-state index in [0.29, 0.717) is 22.0 Å². The summed E-state index contributed by atoms with van der Waals surface area (Å²) in [6.07, 6.45) is 0. The number of piperazine rings is 1. The molecule has 0 spiro atoms. The van der Waals surface area contributed by atoms with Gasteiger partial charge in [0.2, 0.25) is 15.9 Å². The van der Waals surface area contributed by atoms with Crippen LogP contribution in [0.5, 0.6) is 0 Å². The molecule has 0 radical (unpaired) electrons. The number of benzene rings is 1. The second-order valence-corrected chi connectivity index (χ2v) is 8.15. The molecule has 0 aliphatic carbocycles. The molecule has 0 aromatic heterocycles. The van der Waals surface area contributed by atoms with Crippen LogP contribution in [0.25, 0.3) is 0 Å². The third-order valence-corrected chi connectivity index (χ3v) is 6.62. The first-order chi connectivity index (χ1) is 9.87. The number of rotatable bonds is 3. The molecule has 0 bridgehead atoms. The molecule has 116 valence electrons. The predicted molar refractivity (Wildman–Crippen MR) is 86.5 cm³/mol. The Balaban J connectivity index is 2.45. The number of amides is 1. The van der Waals surface area contributed by atoms with Crippen molar-refractivity contribution in [2.75, 3.05) is 26.7 Å². The van der Waals surface area contributed by atoms with Crippen molar-refractivity contribution in [1.29, 1.82) is 0 Å². The zero-order valence-electron chi connectivity index (χ0n) is 11.3. The number of likely N-dealkylation sites (N-methyl/N-ethyl adjacent to an activating group) is 1. The van der Waals surface area contributed by atoms with Crippen LogP contribution in [-0.4, -0.2) is 51.4 Å². The fourth-order valence-electron chi connectivity index (χ4n) is 2.16. The van der Waals surface area contributed by atoms with Crippen molar-refractivity contribution in [3.05, 3.63) is 27.1 Å². The molecule has 2 N–H and O–H groups in total. The van der Waals surface area contributed by atoms with Crippen molar-refractivity contribution in [2.45, 2.75) is 10.9 Å². The van der Waals surface area contributed by atoms with Gasteiger partial charge in [-0.15, -0.1) is 0 Å². The Hall–Kier alpha value is -0.480. The maximum absolute atomic E-state index is 12.9. The van der Waals surface area contributed by atoms with Crippen LogP contribution in [0.2, 0.25) is 0 Å². The molecule has 1 amide bonds. The van der Waals surface area contributed by atoms with Crippen molar-refractivity contribution in [3.63, 3.8) is 0 Å². The fraction of sp³-hybridized carbons (Fsp3) is 0.417. The van der Waals surface area contributed by atoms with E-state index in [2.05, 4.69) is 42.5 Å². The molecule has 21 heavy (non-hydrogen) atoms. The molecule has 1 aliphatic rings. The highest BCUT2D eigenvalue weighted by Crippen LogP contribution is 2.29. The molecule has 1 aliphatic heterocycles. The highest BCUT2D eigenvalue weighted by molar-refractivity contribution is 9.11. The second-order valence-electron chi connectivity index (χ2n) is 4.52. The molecule has 0 saturated carbocycles. The maximum Gasteiger partial charge on any atom is 0.245 e. The van der Waals surface area contributed by atoms with Crippen molar-refractivity contribution in [2.24, 2.45) is 0 Å². The van der Waals surface area contributed by atoms with Gasteiger partial charge in [-0.2, -0.15) is 4.31 Å². The van der Waals surface area contributed by atoms with E-state index >= 15 is 0 Å². The number of hydrogen-bond acceptors (Lipinski definition) is 4. The van der Waals surface area contributed by atoms with Crippen LogP contribution < -0.4 is 10.6 Å². The van der Waals surface area contributed by atoms with Gasteiger partial charge in [0.25, 0.3) is 0 Å². The second kappa shape index (κ2) is 6.74. The van der Waals surface area contributed by atoms with E-state index in [1.165, 1.54) is 17.4 Å². The van der Waals surface area contributed by atoms with Crippen LogP contribution in [0.3, 0.4) is 0 Å². The van der Waals surface area contributed by atoms with Crippen LogP contribution in [0.15, 0.2) is 32.0 Å². The van der Waals surface area contributed by atoms with Crippen molar-refractivity contribution < 1.29 is 13.2 Å². The van der Waals surface area contributed by atoms with Gasteiger partial charge in [0.1, 0.15) is 6.04 Å². The molecular formula is C12H15Br2N3O3S. The Morgan fingerprint density at radius 3 is 2.81 bits per heavy atom. The van der Waals surface area contributed by atoms with E-state index in [4.69, 9.17) is 0 Å². The van der Waals surface area contributed by atoms with Crippen LogP contribution in [-0.2, 0) is 14.8 Å². The van der Waals surface area contributed by atoms with Gasteiger partial charge in [-0.25, -0.2) is 8.42 Å². The zero-order chi connectivity index (χ0) is 15.6. The van der Waals surface area contributed by atoms with Gasteiger partial charge in [-0.05, 0) is 34.1 Å². The number of carbonyl (C=O) groups excluding carboxylic acids is 1. The van der Waals surface area contributed by atoms with E-state index in [0.717, 1.165) is 0 Å². The number of sulfonamides is 1. The van der Waals surface area contributed by atoms with E-state index < -0.39 is 16.1 Å². The Morgan fingerprint density at radius 2 is 2.14 bits per heavy atom. The summed E-state index contributed by atoms with van der Waals surface area (Å²) in [4.78, 5) is 12.1. The van der Waals surface area contributed by atoms with Gasteiger partial charge >= 0.3 is 0 Å². The van der Waals surface area contributed by atoms with E-state index in [1.54, 1.807) is 12.1 Å². The zero-order valence-corrected chi connectivity index (χ0v) is 15.3. The smallest absolute Gasteiger partial charge is 0.245 e. The van der Waals surface area contributed by atoms with Gasteiger partial charge in [0, 0.05) is 35.6 Å². The van der Waals surface area contributed by atoms with E-state index in [1.807, 2.05) is 0 Å². The minimum absolute atomic E-state index is 0.146. The standard InChI is InChI=1S/C12H15Br2N3O3S/c1-15-12(18)10-7-16-4-5-17(10)21(19,20)11-6-8(13)2-3-9(11)14/h2-3,6,10,16H,4-5,7H2,1H3,(H,15,18). The average Bonchev–Trinajstić information content (AvgIpc) is 2.48. The summed E-state index contributed by atoms with van der Waals surface area (Å²) < 4.78 is 28.1. The number of hydrogen-bond donors (Lipinski definition) is 2. The summed E-state index contributed by atoms with van der Waals surface area (Å²) in [7, 11) is -2.27. The minimum atomic E-state index is -3.76. The molecular weight excluding hydrogens is 426 g/mol. The molecule has 9 heteroatoms. The van der Waals surface area contributed by atoms with Crippen LogP contribution >= 0.6 is 31.9 Å². The van der Waals surface area contributed by atoms with Gasteiger partial charge < -0.3 is 10.6 Å². The normalized spacial score (nSPS) is 20.2. The molecule has 1 unspecified atom stereocenters. The summed E-state index contributed by atoms with van der Waals surface area (Å²) in [6, 6.07) is 4.19. The Morgan fingerprint density at radius 1 is 1.43 bits per heavy atom. The molecule has 1 atom stereocenters. The molecule has 2 rings (SSSR count). The number of nitrogens with one attached hydrogen (secondary N) is 2. The highest BCUT2D eigenvalue weighted by atomic mass is 79.9. The SMILES string of the molecule is CNC(=O)C1CNCCN1S(=O)(=O)c1cc(Br)ccc1Br. The average molecular weight is 441 g/mol. The monoisotopic (exact) mass is 439 g/mol. The van der Waals surface area contributed by atoms with Gasteiger partial charge in [-0.1, -0.05) is 15.9 Å². The van der Waals surface area contributed by atoms with Gasteiger partial charge in [0.15, 0.2) is 0 Å². The topological polar surface area (TPSA) is 78.5 Å². The summed E-state index contributed by atoms with van der Waals surface area (Å²) in [5.41, 5.74) is 0. The van der Waals surface area contributed by atoms with Gasteiger partial charge in [-0.3, -0.25) is 4.79 Å². The van der Waals surface area contributed by atoms with E-state index in [9.17, 15) is 13.2 Å². The highest BCUT2D eigenvalue weighted by Gasteiger charge is 2.38. The summed E-state index contributed by atoms with van der Waals surface area (Å²) in [5.74, 6) is -0.322. The Kier molecular flexibility index (Phi) is 5.42. The third kappa shape index (κ3) is 3.48. The largest absolute Gasteiger partial charge is 0.358 e. The van der Waals surface area contributed by atoms with E-state index in [-0.39, 0.29) is 17.3 Å². The predicted octanol–water partition coefficient (Wildman–Crippen LogP) is 0.920. The van der Waals surface area contributed by atoms with Crippen molar-refractivity contribution in [3.8, 4) is 0 Å². The first-order valence-electron chi connectivity index (χ1n) is 6.27. The fourth-order valence-corrected chi connectivity index (χ4v) is 5.22. The lowest BCUT2D eigenvalue weighted by molar-refractivity contribution is -0.124. The quantitative estimate of drug-likeness (QED) is 0.732. The molecule has 1 aromatic carbocycles. The lowest BCUT2D eigenvalue weighted by atomic mass is 10.2. The number of halogens is 2. The minimum Gasteiger partial charge on any atom is -0.358 e. The van der Waals surface area contributed by atoms with Crippen molar-refractivity contribution >= 4 is 47.8 Å². The van der Waals surface area contributed by atoms with Crippen LogP contribution in [0, 0.1) is 0 Å². The summed E-state index contributed by atoms with van der Waals surface area (Å²) >= 11 is 6.54. The summed E-state index contributed by atoms with van der Waals surface area (Å²) in [6.45, 7) is 1.06. The third-order valence-electron chi connectivity index (χ3n) is 3.22. The number of nitrogens with zero attached hydrogens (tertiary/aromatic N) is 1. The Bertz CT molecular complexity index is 651. The molecule has 1 saturated heterocycles. The lowest BCUT2D eigenvalue weighted by Gasteiger charge is -2.34. The number of carbonyl (C=O) groups is 1. The Labute approximate surface area is 140 Å². The van der Waals surface area contributed by atoms with Crippen LogP contribution in [0.4, 0.5) is 0 Å². The molecule has 1 heterocycles. The van der Waals surface area contributed by atoms with Crippen molar-refractivity contribution in [1.82, 2.24) is 14.9 Å². The van der Waals surface area contributed by atoms with Crippen LogP contribution in [0.1, 0.15) is 0 Å².